The van der Waals surface area contributed by atoms with E-state index in [2.05, 4.69) is 73.4 Å². The number of benzene rings is 3. The van der Waals surface area contributed by atoms with Crippen LogP contribution in [0, 0.1) is 6.92 Å². The third kappa shape index (κ3) is 3.70. The zero-order valence-electron chi connectivity index (χ0n) is 15.8. The Balaban J connectivity index is 1.54. The van der Waals surface area contributed by atoms with Crippen molar-refractivity contribution in [2.45, 2.75) is 33.3 Å². The first kappa shape index (κ1) is 17.3. The van der Waals surface area contributed by atoms with Crippen LogP contribution in [0.5, 0.6) is 5.75 Å². The van der Waals surface area contributed by atoms with Gasteiger partial charge in [-0.1, -0.05) is 67.5 Å². The molecule has 0 aliphatic carbocycles. The molecule has 27 heavy (non-hydrogen) atoms. The fraction of sp³-hybridized carbons (Fsp3) is 0.217. The van der Waals surface area contributed by atoms with Gasteiger partial charge in [-0.2, -0.15) is 4.98 Å². The van der Waals surface area contributed by atoms with Gasteiger partial charge in [-0.3, -0.25) is 0 Å². The average molecular weight is 358 g/mol. The van der Waals surface area contributed by atoms with E-state index in [1.165, 1.54) is 10.9 Å². The molecule has 0 spiro atoms. The van der Waals surface area contributed by atoms with Gasteiger partial charge in [0.25, 0.3) is 5.89 Å². The van der Waals surface area contributed by atoms with Crippen LogP contribution in [-0.4, -0.2) is 10.1 Å². The molecule has 0 saturated heterocycles. The molecule has 0 atom stereocenters. The number of hydrogen-bond acceptors (Lipinski definition) is 4. The van der Waals surface area contributed by atoms with Crippen molar-refractivity contribution in [2.24, 2.45) is 0 Å². The van der Waals surface area contributed by atoms with E-state index in [1.807, 2.05) is 18.2 Å². The lowest BCUT2D eigenvalue weighted by Crippen LogP contribution is -2.00. The van der Waals surface area contributed by atoms with Gasteiger partial charge < -0.3 is 9.26 Å². The fourth-order valence-electron chi connectivity index (χ4n) is 3.14. The van der Waals surface area contributed by atoms with Crippen LogP contribution < -0.4 is 4.74 Å². The summed E-state index contributed by atoms with van der Waals surface area (Å²) in [6.07, 6.45) is 0. The Morgan fingerprint density at radius 1 is 0.963 bits per heavy atom. The summed E-state index contributed by atoms with van der Waals surface area (Å²) < 4.78 is 11.4. The van der Waals surface area contributed by atoms with Crippen LogP contribution in [-0.2, 0) is 6.61 Å². The summed E-state index contributed by atoms with van der Waals surface area (Å²) in [4.78, 5) is 4.50. The quantitative estimate of drug-likeness (QED) is 0.445. The molecule has 4 nitrogen and oxygen atoms in total. The Labute approximate surface area is 158 Å². The number of fused-ring (bicyclic) bond motifs is 1. The van der Waals surface area contributed by atoms with Crippen molar-refractivity contribution in [3.63, 3.8) is 0 Å². The van der Waals surface area contributed by atoms with E-state index in [4.69, 9.17) is 9.26 Å². The highest BCUT2D eigenvalue weighted by Crippen LogP contribution is 2.28. The Bertz CT molecular complexity index is 1080. The number of ether oxygens (including phenoxy) is 1. The molecule has 136 valence electrons. The fourth-order valence-corrected chi connectivity index (χ4v) is 3.14. The lowest BCUT2D eigenvalue weighted by molar-refractivity contribution is 0.240. The van der Waals surface area contributed by atoms with Crippen molar-refractivity contribution in [1.82, 2.24) is 10.1 Å². The minimum atomic E-state index is 0.254. The van der Waals surface area contributed by atoms with Gasteiger partial charge in [0.1, 0.15) is 5.75 Å². The van der Waals surface area contributed by atoms with Crippen LogP contribution in [0.15, 0.2) is 65.2 Å². The molecular weight excluding hydrogens is 336 g/mol. The maximum atomic E-state index is 5.99. The van der Waals surface area contributed by atoms with Gasteiger partial charge in [-0.05, 0) is 46.9 Å². The van der Waals surface area contributed by atoms with Crippen LogP contribution in [0.1, 0.15) is 36.8 Å². The third-order valence-corrected chi connectivity index (χ3v) is 4.62. The van der Waals surface area contributed by atoms with Gasteiger partial charge in [0, 0.05) is 5.56 Å². The molecule has 0 N–H and O–H groups in total. The second kappa shape index (κ2) is 7.23. The highest BCUT2D eigenvalue weighted by Gasteiger charge is 2.12. The van der Waals surface area contributed by atoms with Crippen molar-refractivity contribution in [3.05, 3.63) is 77.7 Å². The average Bonchev–Trinajstić information content (AvgIpc) is 3.15. The maximum absolute atomic E-state index is 5.99. The summed E-state index contributed by atoms with van der Waals surface area (Å²) in [7, 11) is 0. The number of nitrogens with zero attached hydrogens (tertiary/aromatic N) is 2. The second-order valence-corrected chi connectivity index (χ2v) is 7.06. The molecule has 1 aromatic heterocycles. The zero-order chi connectivity index (χ0) is 18.8. The van der Waals surface area contributed by atoms with E-state index in [9.17, 15) is 0 Å². The number of hydrogen-bond donors (Lipinski definition) is 0. The molecule has 4 heteroatoms. The van der Waals surface area contributed by atoms with Gasteiger partial charge in [0.15, 0.2) is 6.61 Å². The van der Waals surface area contributed by atoms with E-state index in [-0.39, 0.29) is 6.61 Å². The van der Waals surface area contributed by atoms with E-state index < -0.39 is 0 Å². The lowest BCUT2D eigenvalue weighted by Gasteiger charge is -2.13. The Kier molecular flexibility index (Phi) is 4.63. The standard InChI is InChI=1S/C23H22N2O2/c1-15(2)20-11-8-16(3)12-21(20)26-14-22-24-23(25-27-22)19-10-9-17-6-4-5-7-18(17)13-19/h4-13,15H,14H2,1-3H3. The minimum absolute atomic E-state index is 0.254. The van der Waals surface area contributed by atoms with Gasteiger partial charge in [0.2, 0.25) is 5.82 Å². The lowest BCUT2D eigenvalue weighted by atomic mass is 10.0. The van der Waals surface area contributed by atoms with E-state index >= 15 is 0 Å². The molecule has 1 heterocycles. The third-order valence-electron chi connectivity index (χ3n) is 4.62. The largest absolute Gasteiger partial charge is 0.483 e. The van der Waals surface area contributed by atoms with Gasteiger partial charge >= 0.3 is 0 Å². The molecule has 0 unspecified atom stereocenters. The Morgan fingerprint density at radius 3 is 2.59 bits per heavy atom. The molecule has 0 bridgehead atoms. The number of aromatic nitrogens is 2. The molecule has 4 rings (SSSR count). The van der Waals surface area contributed by atoms with Crippen LogP contribution in [0.3, 0.4) is 0 Å². The van der Waals surface area contributed by atoms with Crippen molar-refractivity contribution in [2.75, 3.05) is 0 Å². The Hall–Kier alpha value is -3.14. The first-order valence-electron chi connectivity index (χ1n) is 9.15. The Morgan fingerprint density at radius 2 is 1.78 bits per heavy atom. The van der Waals surface area contributed by atoms with E-state index in [0.717, 1.165) is 22.3 Å². The SMILES string of the molecule is Cc1ccc(C(C)C)c(OCc2nc(-c3ccc4ccccc4c3)no2)c1. The van der Waals surface area contributed by atoms with E-state index in [0.29, 0.717) is 17.6 Å². The summed E-state index contributed by atoms with van der Waals surface area (Å²) in [5.41, 5.74) is 3.27. The molecular formula is C23H22N2O2. The summed E-state index contributed by atoms with van der Waals surface area (Å²) in [6, 6.07) is 20.6. The second-order valence-electron chi connectivity index (χ2n) is 7.06. The minimum Gasteiger partial charge on any atom is -0.483 e. The predicted octanol–water partition coefficient (Wildman–Crippen LogP) is 5.90. The highest BCUT2D eigenvalue weighted by molar-refractivity contribution is 5.86. The molecule has 3 aromatic carbocycles. The van der Waals surface area contributed by atoms with Gasteiger partial charge in [-0.25, -0.2) is 0 Å². The predicted molar refractivity (Wildman–Crippen MR) is 107 cm³/mol. The summed E-state index contributed by atoms with van der Waals surface area (Å²) in [5.74, 6) is 2.30. The molecule has 0 fully saturated rings. The highest BCUT2D eigenvalue weighted by atomic mass is 16.5. The van der Waals surface area contributed by atoms with Crippen molar-refractivity contribution in [1.29, 1.82) is 0 Å². The molecule has 0 aliphatic rings. The first-order valence-corrected chi connectivity index (χ1v) is 9.15. The van der Waals surface area contributed by atoms with Crippen LogP contribution in [0.2, 0.25) is 0 Å². The van der Waals surface area contributed by atoms with Crippen LogP contribution in [0.25, 0.3) is 22.2 Å². The van der Waals surface area contributed by atoms with Crippen LogP contribution in [0.4, 0.5) is 0 Å². The summed E-state index contributed by atoms with van der Waals surface area (Å²) in [6.45, 7) is 6.62. The smallest absolute Gasteiger partial charge is 0.264 e. The zero-order valence-corrected chi connectivity index (χ0v) is 15.8. The molecule has 0 amide bonds. The van der Waals surface area contributed by atoms with Crippen LogP contribution >= 0.6 is 0 Å². The van der Waals surface area contributed by atoms with Gasteiger partial charge in [-0.15, -0.1) is 0 Å². The molecule has 0 radical (unpaired) electrons. The molecule has 0 saturated carbocycles. The normalized spacial score (nSPS) is 11.3. The first-order chi connectivity index (χ1) is 13.1. The summed E-state index contributed by atoms with van der Waals surface area (Å²) >= 11 is 0. The molecule has 4 aromatic rings. The number of rotatable bonds is 5. The van der Waals surface area contributed by atoms with Crippen molar-refractivity contribution >= 4 is 10.8 Å². The monoisotopic (exact) mass is 358 g/mol. The number of aryl methyl sites for hydroxylation is 1. The summed E-state index contributed by atoms with van der Waals surface area (Å²) in [5, 5.41) is 6.46. The maximum Gasteiger partial charge on any atom is 0.264 e. The van der Waals surface area contributed by atoms with Gasteiger partial charge in [0.05, 0.1) is 0 Å². The topological polar surface area (TPSA) is 48.2 Å². The molecule has 0 aliphatic heterocycles. The van der Waals surface area contributed by atoms with E-state index in [1.54, 1.807) is 0 Å². The van der Waals surface area contributed by atoms with Crippen molar-refractivity contribution in [3.8, 4) is 17.1 Å². The van der Waals surface area contributed by atoms with Crippen molar-refractivity contribution < 1.29 is 9.26 Å².